The second kappa shape index (κ2) is 10.7. The van der Waals surface area contributed by atoms with E-state index in [1.54, 1.807) is 30.5 Å². The number of hydrogen-bond acceptors (Lipinski definition) is 4. The average Bonchev–Trinajstić information content (AvgIpc) is 3.32. The highest BCUT2D eigenvalue weighted by molar-refractivity contribution is 7.10. The van der Waals surface area contributed by atoms with Crippen molar-refractivity contribution in [2.75, 3.05) is 4.90 Å². The molecule has 5 nitrogen and oxygen atoms in total. The van der Waals surface area contributed by atoms with Crippen LogP contribution in [0.25, 0.3) is 0 Å². The topological polar surface area (TPSA) is 62.3 Å². The van der Waals surface area contributed by atoms with E-state index >= 15 is 0 Å². The molecular weight excluding hydrogens is 442 g/mol. The van der Waals surface area contributed by atoms with E-state index in [1.165, 1.54) is 22.7 Å². The van der Waals surface area contributed by atoms with Gasteiger partial charge in [0.25, 0.3) is 0 Å². The number of amides is 2. The predicted molar refractivity (Wildman–Crippen MR) is 129 cm³/mol. The number of carbonyl (C=O) groups is 2. The van der Waals surface area contributed by atoms with E-state index in [1.807, 2.05) is 35.7 Å². The van der Waals surface area contributed by atoms with Gasteiger partial charge in [-0.3, -0.25) is 19.5 Å². The van der Waals surface area contributed by atoms with Gasteiger partial charge in [0.2, 0.25) is 11.8 Å². The first-order valence-corrected chi connectivity index (χ1v) is 12.2. The molecule has 0 unspecified atom stereocenters. The Balaban J connectivity index is 1.74. The van der Waals surface area contributed by atoms with Crippen LogP contribution in [0.5, 0.6) is 0 Å². The molecule has 4 rings (SSSR count). The number of thiophene rings is 1. The van der Waals surface area contributed by atoms with Crippen molar-refractivity contribution >= 4 is 40.4 Å². The molecule has 3 aromatic rings. The molecule has 7 heteroatoms. The van der Waals surface area contributed by atoms with Crippen molar-refractivity contribution in [3.8, 4) is 0 Å². The Morgan fingerprint density at radius 1 is 1.06 bits per heavy atom. The molecule has 0 bridgehead atoms. The fraction of sp³-hybridized carbons (Fsp3) is 0.320. The molecule has 1 fully saturated rings. The van der Waals surface area contributed by atoms with Gasteiger partial charge < -0.3 is 5.32 Å². The first kappa shape index (κ1) is 22.5. The molecule has 0 spiro atoms. The van der Waals surface area contributed by atoms with Crippen molar-refractivity contribution in [3.05, 3.63) is 81.8 Å². The van der Waals surface area contributed by atoms with E-state index < -0.39 is 6.04 Å². The quantitative estimate of drug-likeness (QED) is 0.494. The third-order valence-corrected chi connectivity index (χ3v) is 6.91. The fourth-order valence-corrected chi connectivity index (χ4v) is 5.08. The molecule has 1 aliphatic carbocycles. The minimum absolute atomic E-state index is 0.114. The van der Waals surface area contributed by atoms with Crippen LogP contribution in [0.3, 0.4) is 0 Å². The number of anilines is 1. The molecule has 2 aromatic heterocycles. The molecule has 1 aliphatic rings. The van der Waals surface area contributed by atoms with Gasteiger partial charge in [-0.25, -0.2) is 0 Å². The number of hydrogen-bond donors (Lipinski definition) is 1. The third kappa shape index (κ3) is 5.37. The molecule has 1 aromatic carbocycles. The molecule has 1 saturated carbocycles. The average molecular weight is 468 g/mol. The van der Waals surface area contributed by atoms with Gasteiger partial charge in [-0.15, -0.1) is 11.3 Å². The van der Waals surface area contributed by atoms with Crippen LogP contribution in [0, 0.1) is 0 Å². The Hall–Kier alpha value is -2.70. The second-order valence-corrected chi connectivity index (χ2v) is 9.41. The number of halogens is 1. The number of nitrogens with zero attached hydrogens (tertiary/aromatic N) is 2. The molecule has 166 valence electrons. The zero-order valence-corrected chi connectivity index (χ0v) is 19.3. The Morgan fingerprint density at radius 2 is 1.84 bits per heavy atom. The maximum atomic E-state index is 13.7. The van der Waals surface area contributed by atoms with E-state index in [2.05, 4.69) is 10.3 Å². The summed E-state index contributed by atoms with van der Waals surface area (Å²) in [5.41, 5.74) is 1.02. The summed E-state index contributed by atoms with van der Waals surface area (Å²) in [7, 11) is 0. The number of benzene rings is 1. The lowest BCUT2D eigenvalue weighted by molar-refractivity contribution is -0.127. The number of para-hydroxylation sites is 1. The summed E-state index contributed by atoms with van der Waals surface area (Å²) in [4.78, 5) is 34.2. The minimum atomic E-state index is -0.912. The molecule has 1 N–H and O–H groups in total. The Labute approximate surface area is 197 Å². The van der Waals surface area contributed by atoms with Gasteiger partial charge in [-0.2, -0.15) is 0 Å². The van der Waals surface area contributed by atoms with Crippen molar-refractivity contribution in [3.63, 3.8) is 0 Å². The minimum Gasteiger partial charge on any atom is -0.351 e. The van der Waals surface area contributed by atoms with Gasteiger partial charge in [0.05, 0.1) is 22.8 Å². The van der Waals surface area contributed by atoms with E-state index in [9.17, 15) is 9.59 Å². The lowest BCUT2D eigenvalue weighted by Crippen LogP contribution is -2.48. The Kier molecular flexibility index (Phi) is 7.55. The molecule has 2 heterocycles. The van der Waals surface area contributed by atoms with Gasteiger partial charge in [0.1, 0.15) is 0 Å². The normalized spacial score (nSPS) is 15.2. The number of nitrogens with one attached hydrogen (secondary N) is 1. The lowest BCUT2D eigenvalue weighted by atomic mass is 9.95. The smallest absolute Gasteiger partial charge is 0.249 e. The largest absolute Gasteiger partial charge is 0.351 e. The van der Waals surface area contributed by atoms with Gasteiger partial charge in [-0.1, -0.05) is 55.1 Å². The van der Waals surface area contributed by atoms with Crippen LogP contribution >= 0.6 is 22.9 Å². The number of aromatic nitrogens is 1. The van der Waals surface area contributed by atoms with Gasteiger partial charge in [-0.05, 0) is 48.6 Å². The summed E-state index contributed by atoms with van der Waals surface area (Å²) in [6.45, 7) is 0. The summed E-state index contributed by atoms with van der Waals surface area (Å²) in [6.07, 6.45) is 7.13. The fourth-order valence-electron chi connectivity index (χ4n) is 4.16. The molecule has 2 amide bonds. The van der Waals surface area contributed by atoms with Crippen LogP contribution in [0.2, 0.25) is 5.02 Å². The van der Waals surface area contributed by atoms with Crippen LogP contribution < -0.4 is 10.2 Å². The number of carbonyl (C=O) groups excluding carboxylic acids is 2. The van der Waals surface area contributed by atoms with Crippen LogP contribution in [0.4, 0.5) is 5.69 Å². The highest BCUT2D eigenvalue weighted by Crippen LogP contribution is 2.34. The molecule has 1 atom stereocenters. The Bertz CT molecular complexity index is 1040. The molecule has 32 heavy (non-hydrogen) atoms. The SMILES string of the molecule is O=C(NC1CCCCC1)[C@@H](c1ccccn1)N(C(=O)Cc1cccs1)c1ccccc1Cl. The van der Waals surface area contributed by atoms with Gasteiger partial charge in [0, 0.05) is 17.1 Å². The van der Waals surface area contributed by atoms with E-state index in [0.29, 0.717) is 16.4 Å². The highest BCUT2D eigenvalue weighted by Gasteiger charge is 2.35. The predicted octanol–water partition coefficient (Wildman–Crippen LogP) is 5.56. The van der Waals surface area contributed by atoms with Gasteiger partial charge in [0.15, 0.2) is 6.04 Å². The highest BCUT2D eigenvalue weighted by atomic mass is 35.5. The lowest BCUT2D eigenvalue weighted by Gasteiger charge is -2.33. The zero-order valence-electron chi connectivity index (χ0n) is 17.7. The number of pyridine rings is 1. The van der Waals surface area contributed by atoms with Crippen LogP contribution in [-0.2, 0) is 16.0 Å². The summed E-state index contributed by atoms with van der Waals surface area (Å²) in [5.74, 6) is -0.426. The summed E-state index contributed by atoms with van der Waals surface area (Å²) < 4.78 is 0. The van der Waals surface area contributed by atoms with Crippen LogP contribution in [0.15, 0.2) is 66.2 Å². The standard InChI is InChI=1S/C25H26ClN3O2S/c26-20-12-4-5-14-22(20)29(23(30)17-19-11-8-16-32-19)24(21-13-6-7-15-27-21)25(31)28-18-9-2-1-3-10-18/h4-8,11-16,18,24H,1-3,9-10,17H2,(H,28,31)/t24-/m1/s1. The van der Waals surface area contributed by atoms with E-state index in [0.717, 1.165) is 30.6 Å². The maximum absolute atomic E-state index is 13.7. The molecular formula is C25H26ClN3O2S. The third-order valence-electron chi connectivity index (χ3n) is 5.71. The molecule has 0 saturated heterocycles. The van der Waals surface area contributed by atoms with Crippen molar-refractivity contribution in [2.24, 2.45) is 0 Å². The monoisotopic (exact) mass is 467 g/mol. The van der Waals surface area contributed by atoms with Crippen molar-refractivity contribution < 1.29 is 9.59 Å². The van der Waals surface area contributed by atoms with Gasteiger partial charge >= 0.3 is 0 Å². The van der Waals surface area contributed by atoms with E-state index in [4.69, 9.17) is 11.6 Å². The summed E-state index contributed by atoms with van der Waals surface area (Å²) in [5, 5.41) is 5.54. The summed E-state index contributed by atoms with van der Waals surface area (Å²) in [6, 6.07) is 15.6. The zero-order chi connectivity index (χ0) is 22.3. The van der Waals surface area contributed by atoms with Crippen molar-refractivity contribution in [2.45, 2.75) is 50.6 Å². The molecule has 0 radical (unpaired) electrons. The van der Waals surface area contributed by atoms with E-state index in [-0.39, 0.29) is 24.3 Å². The van der Waals surface area contributed by atoms with Crippen LogP contribution in [-0.4, -0.2) is 22.8 Å². The summed E-state index contributed by atoms with van der Waals surface area (Å²) >= 11 is 8.05. The van der Waals surface area contributed by atoms with Crippen molar-refractivity contribution in [1.29, 1.82) is 0 Å². The molecule has 0 aliphatic heterocycles. The first-order valence-electron chi connectivity index (χ1n) is 10.9. The first-order chi connectivity index (χ1) is 15.6. The second-order valence-electron chi connectivity index (χ2n) is 7.97. The Morgan fingerprint density at radius 3 is 2.53 bits per heavy atom. The van der Waals surface area contributed by atoms with Crippen molar-refractivity contribution in [1.82, 2.24) is 10.3 Å². The van der Waals surface area contributed by atoms with Crippen LogP contribution in [0.1, 0.15) is 48.7 Å². The maximum Gasteiger partial charge on any atom is 0.249 e. The number of rotatable bonds is 7.